The average Bonchev–Trinajstić information content (AvgIpc) is 2.32. The minimum Gasteiger partial charge on any atom is -0.454 e. The average molecular weight is 281 g/mol. The van der Waals surface area contributed by atoms with Crippen molar-refractivity contribution in [1.82, 2.24) is 0 Å². The summed E-state index contributed by atoms with van der Waals surface area (Å²) in [6, 6.07) is 8.53. The highest BCUT2D eigenvalue weighted by Crippen LogP contribution is 2.32. The monoisotopic (exact) mass is 280 g/mol. The minimum absolute atomic E-state index is 0.00141. The zero-order chi connectivity index (χ0) is 14.0. The first-order valence-electron chi connectivity index (χ1n) is 5.30. The lowest BCUT2D eigenvalue weighted by atomic mass is 10.1. The smallest absolute Gasteiger partial charge is 0.255 e. The summed E-state index contributed by atoms with van der Waals surface area (Å²) in [6.07, 6.45) is 0. The Bertz CT molecular complexity index is 647. The minimum atomic E-state index is -0.916. The van der Waals surface area contributed by atoms with Crippen molar-refractivity contribution < 1.29 is 13.9 Å². The number of nitrogens with two attached hydrogens (primary N) is 2. The molecule has 0 bridgehead atoms. The van der Waals surface area contributed by atoms with Gasteiger partial charge in [-0.25, -0.2) is 4.39 Å². The predicted octanol–water partition coefficient (Wildman–Crippen LogP) is 2.95. The Kier molecular flexibility index (Phi) is 3.57. The number of ether oxygens (including phenoxy) is 1. The molecule has 2 aromatic rings. The number of benzene rings is 2. The van der Waals surface area contributed by atoms with Crippen LogP contribution in [0.3, 0.4) is 0 Å². The lowest BCUT2D eigenvalue weighted by Gasteiger charge is -2.11. The van der Waals surface area contributed by atoms with Crippen molar-refractivity contribution in [2.24, 2.45) is 5.73 Å². The molecule has 0 aliphatic rings. The Morgan fingerprint density at radius 3 is 2.58 bits per heavy atom. The standard InChI is InChI=1S/C13H10ClFN2O2/c14-7-4-5-10(9(16)6-7)19-11-3-1-2-8(15)12(11)13(17)18/h1-6H,16H2,(H2,17,18). The van der Waals surface area contributed by atoms with E-state index in [1.807, 2.05) is 0 Å². The lowest BCUT2D eigenvalue weighted by Crippen LogP contribution is -2.14. The SMILES string of the molecule is NC(=O)c1c(F)cccc1Oc1ccc(Cl)cc1N. The second kappa shape index (κ2) is 5.16. The largest absolute Gasteiger partial charge is 0.454 e. The van der Waals surface area contributed by atoms with Gasteiger partial charge in [-0.2, -0.15) is 0 Å². The summed E-state index contributed by atoms with van der Waals surface area (Å²) in [4.78, 5) is 11.2. The van der Waals surface area contributed by atoms with E-state index in [-0.39, 0.29) is 22.7 Å². The van der Waals surface area contributed by atoms with Crippen molar-refractivity contribution in [2.45, 2.75) is 0 Å². The van der Waals surface area contributed by atoms with E-state index in [1.54, 1.807) is 6.07 Å². The molecule has 0 aliphatic heterocycles. The van der Waals surface area contributed by atoms with E-state index < -0.39 is 11.7 Å². The normalized spacial score (nSPS) is 10.2. The molecule has 0 radical (unpaired) electrons. The van der Waals surface area contributed by atoms with Crippen LogP contribution in [0, 0.1) is 5.82 Å². The molecule has 98 valence electrons. The molecule has 0 atom stereocenters. The molecule has 2 aromatic carbocycles. The highest BCUT2D eigenvalue weighted by atomic mass is 35.5. The van der Waals surface area contributed by atoms with Gasteiger partial charge in [0.2, 0.25) is 0 Å². The van der Waals surface area contributed by atoms with Crippen LogP contribution in [0.15, 0.2) is 36.4 Å². The molecule has 6 heteroatoms. The first-order valence-corrected chi connectivity index (χ1v) is 5.68. The summed E-state index contributed by atoms with van der Waals surface area (Å²) in [6.45, 7) is 0. The molecule has 0 heterocycles. The Labute approximate surface area is 113 Å². The number of carbonyl (C=O) groups is 1. The third-order valence-electron chi connectivity index (χ3n) is 2.41. The van der Waals surface area contributed by atoms with Crippen LogP contribution in [0.2, 0.25) is 5.02 Å². The quantitative estimate of drug-likeness (QED) is 0.849. The molecule has 0 fully saturated rings. The van der Waals surface area contributed by atoms with E-state index in [0.717, 1.165) is 6.07 Å². The fourth-order valence-corrected chi connectivity index (χ4v) is 1.74. The Morgan fingerprint density at radius 2 is 1.95 bits per heavy atom. The van der Waals surface area contributed by atoms with Crippen LogP contribution in [0.25, 0.3) is 0 Å². The number of nitrogen functional groups attached to an aromatic ring is 1. The summed E-state index contributed by atoms with van der Waals surface area (Å²) in [7, 11) is 0. The van der Waals surface area contributed by atoms with Crippen LogP contribution in [0.4, 0.5) is 10.1 Å². The van der Waals surface area contributed by atoms with Crippen molar-refractivity contribution in [1.29, 1.82) is 0 Å². The molecule has 0 aromatic heterocycles. The van der Waals surface area contributed by atoms with Crippen LogP contribution in [0.1, 0.15) is 10.4 Å². The topological polar surface area (TPSA) is 78.3 Å². The van der Waals surface area contributed by atoms with Crippen molar-refractivity contribution in [3.63, 3.8) is 0 Å². The molecule has 0 saturated carbocycles. The van der Waals surface area contributed by atoms with Gasteiger partial charge in [0.1, 0.15) is 22.9 Å². The fourth-order valence-electron chi connectivity index (χ4n) is 1.56. The van der Waals surface area contributed by atoms with Crippen LogP contribution in [0.5, 0.6) is 11.5 Å². The van der Waals surface area contributed by atoms with Gasteiger partial charge in [0, 0.05) is 5.02 Å². The van der Waals surface area contributed by atoms with Crippen molar-refractivity contribution in [3.05, 3.63) is 52.8 Å². The van der Waals surface area contributed by atoms with Crippen LogP contribution in [-0.2, 0) is 0 Å². The number of rotatable bonds is 3. The molecule has 0 aliphatic carbocycles. The fraction of sp³-hybridized carbons (Fsp3) is 0. The summed E-state index contributed by atoms with van der Waals surface area (Å²) in [5.74, 6) is -1.41. The zero-order valence-electron chi connectivity index (χ0n) is 9.69. The van der Waals surface area contributed by atoms with Gasteiger partial charge in [0.15, 0.2) is 0 Å². The van der Waals surface area contributed by atoms with Crippen molar-refractivity contribution in [3.8, 4) is 11.5 Å². The van der Waals surface area contributed by atoms with E-state index in [0.29, 0.717) is 5.02 Å². The van der Waals surface area contributed by atoms with Gasteiger partial charge in [-0.1, -0.05) is 17.7 Å². The van der Waals surface area contributed by atoms with Crippen LogP contribution < -0.4 is 16.2 Å². The maximum Gasteiger partial charge on any atom is 0.255 e. The summed E-state index contributed by atoms with van der Waals surface area (Å²) >= 11 is 5.76. The Hall–Kier alpha value is -2.27. The van der Waals surface area contributed by atoms with Gasteiger partial charge in [0.05, 0.1) is 5.69 Å². The van der Waals surface area contributed by atoms with E-state index >= 15 is 0 Å². The number of anilines is 1. The molecule has 1 amide bonds. The highest BCUT2D eigenvalue weighted by molar-refractivity contribution is 6.30. The van der Waals surface area contributed by atoms with Gasteiger partial charge in [0.25, 0.3) is 5.91 Å². The molecule has 0 unspecified atom stereocenters. The van der Waals surface area contributed by atoms with Gasteiger partial charge in [-0.15, -0.1) is 0 Å². The van der Waals surface area contributed by atoms with E-state index in [4.69, 9.17) is 27.8 Å². The molecule has 0 saturated heterocycles. The first kappa shape index (κ1) is 13.2. The lowest BCUT2D eigenvalue weighted by molar-refractivity contribution is 0.0994. The van der Waals surface area contributed by atoms with Crippen LogP contribution in [-0.4, -0.2) is 5.91 Å². The Balaban J connectivity index is 2.44. The number of hydrogen-bond acceptors (Lipinski definition) is 3. The maximum absolute atomic E-state index is 13.5. The van der Waals surface area contributed by atoms with E-state index in [2.05, 4.69) is 0 Å². The van der Waals surface area contributed by atoms with Gasteiger partial charge >= 0.3 is 0 Å². The molecule has 0 spiro atoms. The predicted molar refractivity (Wildman–Crippen MR) is 70.9 cm³/mol. The Morgan fingerprint density at radius 1 is 1.21 bits per heavy atom. The van der Waals surface area contributed by atoms with Gasteiger partial charge in [-0.3, -0.25) is 4.79 Å². The summed E-state index contributed by atoms with van der Waals surface area (Å²) < 4.78 is 18.9. The number of carbonyl (C=O) groups excluding carboxylic acids is 1. The van der Waals surface area contributed by atoms with Crippen molar-refractivity contribution in [2.75, 3.05) is 5.73 Å². The molecule has 19 heavy (non-hydrogen) atoms. The molecule has 4 N–H and O–H groups in total. The zero-order valence-corrected chi connectivity index (χ0v) is 10.4. The maximum atomic E-state index is 13.5. The highest BCUT2D eigenvalue weighted by Gasteiger charge is 2.16. The molecule has 4 nitrogen and oxygen atoms in total. The van der Waals surface area contributed by atoms with Gasteiger partial charge < -0.3 is 16.2 Å². The number of hydrogen-bond donors (Lipinski definition) is 2. The van der Waals surface area contributed by atoms with Crippen molar-refractivity contribution >= 4 is 23.2 Å². The summed E-state index contributed by atoms with van der Waals surface area (Å²) in [5, 5.41) is 0.444. The third-order valence-corrected chi connectivity index (χ3v) is 2.65. The third kappa shape index (κ3) is 2.77. The first-order chi connectivity index (χ1) is 8.99. The molecular weight excluding hydrogens is 271 g/mol. The summed E-state index contributed by atoms with van der Waals surface area (Å²) in [5.41, 5.74) is 10.8. The second-order valence-electron chi connectivity index (χ2n) is 3.76. The number of halogens is 2. The second-order valence-corrected chi connectivity index (χ2v) is 4.20. The van der Waals surface area contributed by atoms with Gasteiger partial charge in [-0.05, 0) is 30.3 Å². The molecular formula is C13H10ClFN2O2. The molecule has 2 rings (SSSR count). The van der Waals surface area contributed by atoms with Crippen LogP contribution >= 0.6 is 11.6 Å². The van der Waals surface area contributed by atoms with E-state index in [1.165, 1.54) is 24.3 Å². The van der Waals surface area contributed by atoms with E-state index in [9.17, 15) is 9.18 Å². The number of amides is 1. The number of primary amides is 1.